The standard InChI is InChI=1S/C33H48N2O/c1-9-21-35-29(36)33-17-13-24(22(2)3)28(33)26-11-12-27-30(6,15-10-20-34)25(23(4)5)14-16-32(27,8)31(26,7)18-19-33/h1,24-28H,2,4,10-19,21H2,3,5-8H3,(H,35,36)/t24-,25-,26+,27+,28+,30-,31+,32+,33-/m0/s1. The number of carbonyl (C=O) groups is 1. The van der Waals surface area contributed by atoms with Gasteiger partial charge in [0.15, 0.2) is 0 Å². The minimum Gasteiger partial charge on any atom is -0.345 e. The molecule has 3 heteroatoms. The fourth-order valence-electron chi connectivity index (χ4n) is 10.7. The molecule has 4 aliphatic rings. The average Bonchev–Trinajstić information content (AvgIpc) is 3.23. The predicted molar refractivity (Wildman–Crippen MR) is 147 cm³/mol. The van der Waals surface area contributed by atoms with Crippen molar-refractivity contribution in [1.82, 2.24) is 5.32 Å². The van der Waals surface area contributed by atoms with Gasteiger partial charge in [0.1, 0.15) is 0 Å². The summed E-state index contributed by atoms with van der Waals surface area (Å²) in [5.41, 5.74) is 2.68. The molecule has 0 saturated heterocycles. The summed E-state index contributed by atoms with van der Waals surface area (Å²) < 4.78 is 0. The number of terminal acetylenes is 1. The fourth-order valence-corrected chi connectivity index (χ4v) is 10.7. The molecule has 0 unspecified atom stereocenters. The summed E-state index contributed by atoms with van der Waals surface area (Å²) in [6.45, 7) is 21.2. The smallest absolute Gasteiger partial charge is 0.227 e. The first-order valence-electron chi connectivity index (χ1n) is 14.3. The van der Waals surface area contributed by atoms with E-state index in [9.17, 15) is 10.1 Å². The van der Waals surface area contributed by atoms with E-state index in [0.717, 1.165) is 38.5 Å². The maximum absolute atomic E-state index is 13.7. The van der Waals surface area contributed by atoms with Crippen LogP contribution in [0, 0.1) is 74.9 Å². The summed E-state index contributed by atoms with van der Waals surface area (Å²) >= 11 is 0. The quantitative estimate of drug-likeness (QED) is 0.312. The fraction of sp³-hybridized carbons (Fsp3) is 0.758. The Bertz CT molecular complexity index is 1010. The van der Waals surface area contributed by atoms with Gasteiger partial charge in [-0.05, 0) is 117 Å². The first-order chi connectivity index (χ1) is 16.9. The van der Waals surface area contributed by atoms with Crippen molar-refractivity contribution in [3.8, 4) is 18.4 Å². The maximum atomic E-state index is 13.7. The van der Waals surface area contributed by atoms with E-state index in [1.807, 2.05) is 0 Å². The molecular weight excluding hydrogens is 440 g/mol. The lowest BCUT2D eigenvalue weighted by Crippen LogP contribution is -2.65. The second-order valence-electron chi connectivity index (χ2n) is 13.7. The maximum Gasteiger partial charge on any atom is 0.227 e. The second-order valence-corrected chi connectivity index (χ2v) is 13.7. The molecule has 4 rings (SSSR count). The highest BCUT2D eigenvalue weighted by Gasteiger charge is 2.70. The molecule has 4 fully saturated rings. The van der Waals surface area contributed by atoms with Crippen LogP contribution >= 0.6 is 0 Å². The van der Waals surface area contributed by atoms with E-state index in [0.29, 0.717) is 42.6 Å². The minimum absolute atomic E-state index is 0.102. The average molecular weight is 489 g/mol. The molecular formula is C33H48N2O. The van der Waals surface area contributed by atoms with Crippen LogP contribution in [-0.4, -0.2) is 12.5 Å². The van der Waals surface area contributed by atoms with Gasteiger partial charge in [-0.2, -0.15) is 5.26 Å². The van der Waals surface area contributed by atoms with Crippen LogP contribution in [-0.2, 0) is 4.79 Å². The number of hydrogen-bond donors (Lipinski definition) is 1. The van der Waals surface area contributed by atoms with Crippen molar-refractivity contribution in [2.75, 3.05) is 6.54 Å². The molecule has 0 radical (unpaired) electrons. The minimum atomic E-state index is -0.313. The number of carbonyl (C=O) groups excluding carboxylic acids is 1. The predicted octanol–water partition coefficient (Wildman–Crippen LogP) is 7.45. The largest absolute Gasteiger partial charge is 0.345 e. The van der Waals surface area contributed by atoms with Crippen LogP contribution in [0.2, 0.25) is 0 Å². The third-order valence-corrected chi connectivity index (χ3v) is 12.5. The van der Waals surface area contributed by atoms with Gasteiger partial charge in [-0.15, -0.1) is 6.42 Å². The lowest BCUT2D eigenvalue weighted by Gasteiger charge is -2.70. The zero-order valence-electron chi connectivity index (χ0n) is 23.5. The number of hydrogen-bond acceptors (Lipinski definition) is 2. The number of nitriles is 1. The van der Waals surface area contributed by atoms with E-state index in [1.165, 1.54) is 30.4 Å². The monoisotopic (exact) mass is 488 g/mol. The Morgan fingerprint density at radius 1 is 1.00 bits per heavy atom. The summed E-state index contributed by atoms with van der Waals surface area (Å²) in [7, 11) is 0. The number of rotatable bonds is 6. The molecule has 9 atom stereocenters. The lowest BCUT2D eigenvalue weighted by molar-refractivity contribution is -0.215. The van der Waals surface area contributed by atoms with Crippen molar-refractivity contribution in [3.05, 3.63) is 24.3 Å². The van der Waals surface area contributed by atoms with Gasteiger partial charge in [-0.1, -0.05) is 51.0 Å². The highest BCUT2D eigenvalue weighted by atomic mass is 16.2. The Labute approximate surface area is 220 Å². The van der Waals surface area contributed by atoms with Gasteiger partial charge in [0.05, 0.1) is 18.0 Å². The second kappa shape index (κ2) is 9.39. The van der Waals surface area contributed by atoms with Gasteiger partial charge in [0, 0.05) is 6.42 Å². The van der Waals surface area contributed by atoms with E-state index in [4.69, 9.17) is 6.42 Å². The molecule has 3 nitrogen and oxygen atoms in total. The van der Waals surface area contributed by atoms with Crippen molar-refractivity contribution in [2.24, 2.45) is 51.2 Å². The first-order valence-corrected chi connectivity index (χ1v) is 14.3. The zero-order valence-corrected chi connectivity index (χ0v) is 23.5. The number of fused-ring (bicyclic) bond motifs is 5. The van der Waals surface area contributed by atoms with Gasteiger partial charge in [-0.25, -0.2) is 0 Å². The van der Waals surface area contributed by atoms with Crippen molar-refractivity contribution in [2.45, 2.75) is 98.8 Å². The van der Waals surface area contributed by atoms with Crippen molar-refractivity contribution >= 4 is 5.91 Å². The molecule has 4 saturated carbocycles. The zero-order chi connectivity index (χ0) is 26.5. The van der Waals surface area contributed by atoms with E-state index in [1.54, 1.807) is 0 Å². The molecule has 196 valence electrons. The normalized spacial score (nSPS) is 45.2. The number of allylic oxidation sites excluding steroid dienone is 2. The molecule has 0 aromatic rings. The van der Waals surface area contributed by atoms with E-state index in [-0.39, 0.29) is 27.6 Å². The van der Waals surface area contributed by atoms with E-state index in [2.05, 4.69) is 65.1 Å². The summed E-state index contributed by atoms with van der Waals surface area (Å²) in [6, 6.07) is 2.46. The summed E-state index contributed by atoms with van der Waals surface area (Å²) in [6.07, 6.45) is 15.9. The SMILES string of the molecule is C#CCNC(=O)[C@]12CC[C@@H](C(=C)C)[C@@H]1[C@H]1CC[C@@H]3[C@@](C)(CCC#N)[C@H](C(=C)C)CC[C@@]3(C)[C@]1(C)CC2. The van der Waals surface area contributed by atoms with Crippen LogP contribution < -0.4 is 5.32 Å². The molecule has 0 aromatic heterocycles. The molecule has 0 aliphatic heterocycles. The molecule has 0 bridgehead atoms. The third-order valence-electron chi connectivity index (χ3n) is 12.5. The van der Waals surface area contributed by atoms with Crippen LogP contribution in [0.25, 0.3) is 0 Å². The first kappa shape index (κ1) is 27.0. The summed E-state index contributed by atoms with van der Waals surface area (Å²) in [4.78, 5) is 13.7. The van der Waals surface area contributed by atoms with Gasteiger partial charge in [-0.3, -0.25) is 4.79 Å². The van der Waals surface area contributed by atoms with Crippen molar-refractivity contribution in [3.63, 3.8) is 0 Å². The third kappa shape index (κ3) is 3.63. The van der Waals surface area contributed by atoms with Gasteiger partial charge < -0.3 is 5.32 Å². The Balaban J connectivity index is 1.77. The van der Waals surface area contributed by atoms with Crippen LogP contribution in [0.1, 0.15) is 98.8 Å². The molecule has 0 spiro atoms. The Morgan fingerprint density at radius 3 is 2.33 bits per heavy atom. The van der Waals surface area contributed by atoms with Crippen LogP contribution in [0.3, 0.4) is 0 Å². The molecule has 1 N–H and O–H groups in total. The van der Waals surface area contributed by atoms with Crippen molar-refractivity contribution < 1.29 is 4.79 Å². The van der Waals surface area contributed by atoms with Crippen LogP contribution in [0.4, 0.5) is 0 Å². The summed E-state index contributed by atoms with van der Waals surface area (Å²) in [5, 5.41) is 12.6. The lowest BCUT2D eigenvalue weighted by atomic mass is 9.34. The van der Waals surface area contributed by atoms with Gasteiger partial charge >= 0.3 is 0 Å². The highest BCUT2D eigenvalue weighted by molar-refractivity contribution is 5.84. The highest BCUT2D eigenvalue weighted by Crippen LogP contribution is 2.76. The Hall–Kier alpha value is -2.00. The topological polar surface area (TPSA) is 52.9 Å². The van der Waals surface area contributed by atoms with Gasteiger partial charge in [0.2, 0.25) is 5.91 Å². The van der Waals surface area contributed by atoms with E-state index >= 15 is 0 Å². The van der Waals surface area contributed by atoms with Crippen molar-refractivity contribution in [1.29, 1.82) is 5.26 Å². The molecule has 1 amide bonds. The summed E-state index contributed by atoms with van der Waals surface area (Å²) in [5.74, 6) is 5.11. The molecule has 0 aromatic carbocycles. The molecule has 36 heavy (non-hydrogen) atoms. The van der Waals surface area contributed by atoms with Crippen LogP contribution in [0.15, 0.2) is 24.3 Å². The van der Waals surface area contributed by atoms with Gasteiger partial charge in [0.25, 0.3) is 0 Å². The number of amides is 1. The molecule has 0 heterocycles. The number of nitrogens with zero attached hydrogens (tertiary/aromatic N) is 1. The van der Waals surface area contributed by atoms with E-state index < -0.39 is 0 Å². The molecule has 4 aliphatic carbocycles. The Kier molecular flexibility index (Phi) is 7.05. The number of nitrogens with one attached hydrogen (secondary N) is 1. The Morgan fingerprint density at radius 2 is 1.72 bits per heavy atom. The van der Waals surface area contributed by atoms with Crippen LogP contribution in [0.5, 0.6) is 0 Å².